The summed E-state index contributed by atoms with van der Waals surface area (Å²) in [5.74, 6) is 1.52. The third-order valence-corrected chi connectivity index (χ3v) is 2.61. The number of aryl methyl sites for hydroxylation is 1. The Morgan fingerprint density at radius 1 is 1.43 bits per heavy atom. The molecule has 1 N–H and O–H groups in total. The molecule has 0 aromatic carbocycles. The molecule has 0 saturated heterocycles. The predicted molar refractivity (Wildman–Crippen MR) is 59.4 cm³/mol. The Kier molecular flexibility index (Phi) is 2.65. The molecule has 2 aromatic rings. The summed E-state index contributed by atoms with van der Waals surface area (Å²) in [7, 11) is 0. The van der Waals surface area contributed by atoms with Crippen LogP contribution in [0.2, 0.25) is 5.02 Å². The molecule has 0 fully saturated rings. The topological polar surface area (TPSA) is 37.8 Å². The van der Waals surface area contributed by atoms with Gasteiger partial charge in [0.15, 0.2) is 0 Å². The van der Waals surface area contributed by atoms with Crippen LogP contribution >= 0.6 is 22.9 Å². The van der Waals surface area contributed by atoms with Gasteiger partial charge < -0.3 is 5.32 Å². The first-order valence-electron chi connectivity index (χ1n) is 4.05. The van der Waals surface area contributed by atoms with Crippen molar-refractivity contribution in [1.82, 2.24) is 9.97 Å². The summed E-state index contributed by atoms with van der Waals surface area (Å²) in [4.78, 5) is 8.37. The van der Waals surface area contributed by atoms with Crippen molar-refractivity contribution in [2.24, 2.45) is 0 Å². The van der Waals surface area contributed by atoms with Gasteiger partial charge in [-0.15, -0.1) is 11.3 Å². The van der Waals surface area contributed by atoms with E-state index in [2.05, 4.69) is 15.3 Å². The van der Waals surface area contributed by atoms with Gasteiger partial charge in [-0.25, -0.2) is 9.97 Å². The monoisotopic (exact) mass is 225 g/mol. The first kappa shape index (κ1) is 9.43. The first-order valence-corrected chi connectivity index (χ1v) is 5.30. The van der Waals surface area contributed by atoms with Gasteiger partial charge in [-0.2, -0.15) is 0 Å². The lowest BCUT2D eigenvalue weighted by atomic mass is 10.4. The van der Waals surface area contributed by atoms with E-state index >= 15 is 0 Å². The van der Waals surface area contributed by atoms with Crippen LogP contribution in [0.4, 0.5) is 11.6 Å². The van der Waals surface area contributed by atoms with Gasteiger partial charge in [0, 0.05) is 16.6 Å². The van der Waals surface area contributed by atoms with Gasteiger partial charge in [-0.05, 0) is 19.1 Å². The number of hydrogen-bond acceptors (Lipinski definition) is 4. The highest BCUT2D eigenvalue weighted by molar-refractivity contribution is 7.09. The highest BCUT2D eigenvalue weighted by Crippen LogP contribution is 2.19. The normalized spacial score (nSPS) is 10.1. The van der Waals surface area contributed by atoms with Crippen molar-refractivity contribution < 1.29 is 0 Å². The van der Waals surface area contributed by atoms with Gasteiger partial charge in [0.1, 0.15) is 11.6 Å². The van der Waals surface area contributed by atoms with Crippen LogP contribution in [0.1, 0.15) is 5.01 Å². The maximum absolute atomic E-state index is 5.82. The maximum atomic E-state index is 5.82. The number of nitrogens with one attached hydrogen (secondary N) is 1. The molecule has 0 atom stereocenters. The lowest BCUT2D eigenvalue weighted by Gasteiger charge is -2.00. The number of anilines is 2. The van der Waals surface area contributed by atoms with Crippen molar-refractivity contribution in [3.63, 3.8) is 0 Å². The zero-order valence-corrected chi connectivity index (χ0v) is 9.06. The number of rotatable bonds is 2. The zero-order valence-electron chi connectivity index (χ0n) is 7.49. The van der Waals surface area contributed by atoms with E-state index in [0.29, 0.717) is 10.8 Å². The summed E-state index contributed by atoms with van der Waals surface area (Å²) in [6, 6.07) is 3.50. The number of thiazole rings is 1. The first-order chi connectivity index (χ1) is 6.74. The molecule has 0 saturated carbocycles. The minimum atomic E-state index is 0.662. The Hall–Kier alpha value is -1.13. The number of hydrogen-bond donors (Lipinski definition) is 1. The number of nitrogens with zero attached hydrogens (tertiary/aromatic N) is 2. The Labute approximate surface area is 90.8 Å². The van der Waals surface area contributed by atoms with E-state index in [9.17, 15) is 0 Å². The van der Waals surface area contributed by atoms with Crippen molar-refractivity contribution in [2.75, 3.05) is 5.32 Å². The molecule has 0 aliphatic carbocycles. The predicted octanol–water partition coefficient (Wildman–Crippen LogP) is 3.24. The Bertz CT molecular complexity index is 441. The summed E-state index contributed by atoms with van der Waals surface area (Å²) in [6.45, 7) is 1.96. The molecule has 3 nitrogen and oxygen atoms in total. The van der Waals surface area contributed by atoms with Gasteiger partial charge in [-0.1, -0.05) is 11.6 Å². The van der Waals surface area contributed by atoms with Crippen molar-refractivity contribution in [3.05, 3.63) is 33.7 Å². The van der Waals surface area contributed by atoms with E-state index in [0.717, 1.165) is 10.8 Å². The van der Waals surface area contributed by atoms with E-state index in [1.807, 2.05) is 12.3 Å². The molecule has 72 valence electrons. The molecule has 2 heterocycles. The van der Waals surface area contributed by atoms with Crippen molar-refractivity contribution in [3.8, 4) is 0 Å². The summed E-state index contributed by atoms with van der Waals surface area (Å²) in [5, 5.41) is 6.70. The van der Waals surface area contributed by atoms with Gasteiger partial charge >= 0.3 is 0 Å². The third-order valence-electron chi connectivity index (χ3n) is 1.60. The van der Waals surface area contributed by atoms with Crippen molar-refractivity contribution in [1.29, 1.82) is 0 Å². The quantitative estimate of drug-likeness (QED) is 0.853. The van der Waals surface area contributed by atoms with Crippen molar-refractivity contribution in [2.45, 2.75) is 6.92 Å². The molecule has 2 rings (SSSR count). The standard InChI is InChI=1S/C9H8ClN3S/c1-6-12-9(5-14-6)13-8-4-7(10)2-3-11-8/h2-5H,1H3,(H,11,13). The van der Waals surface area contributed by atoms with Gasteiger partial charge in [0.05, 0.1) is 5.01 Å². The van der Waals surface area contributed by atoms with E-state index in [4.69, 9.17) is 11.6 Å². The fourth-order valence-electron chi connectivity index (χ4n) is 1.03. The van der Waals surface area contributed by atoms with E-state index in [-0.39, 0.29) is 0 Å². The average molecular weight is 226 g/mol. The van der Waals surface area contributed by atoms with Crippen LogP contribution in [-0.4, -0.2) is 9.97 Å². The highest BCUT2D eigenvalue weighted by atomic mass is 35.5. The summed E-state index contributed by atoms with van der Waals surface area (Å²) >= 11 is 7.41. The highest BCUT2D eigenvalue weighted by Gasteiger charge is 1.99. The largest absolute Gasteiger partial charge is 0.324 e. The second-order valence-corrected chi connectivity index (χ2v) is 4.23. The summed E-state index contributed by atoms with van der Waals surface area (Å²) < 4.78 is 0. The second-order valence-electron chi connectivity index (χ2n) is 2.74. The molecule has 14 heavy (non-hydrogen) atoms. The van der Waals surface area contributed by atoms with Crippen LogP contribution in [0.3, 0.4) is 0 Å². The summed E-state index contributed by atoms with van der Waals surface area (Å²) in [6.07, 6.45) is 1.66. The molecule has 0 aliphatic rings. The smallest absolute Gasteiger partial charge is 0.142 e. The van der Waals surface area contributed by atoms with Crippen LogP contribution in [0.25, 0.3) is 0 Å². The Morgan fingerprint density at radius 2 is 2.29 bits per heavy atom. The molecule has 2 aromatic heterocycles. The lowest BCUT2D eigenvalue weighted by molar-refractivity contribution is 1.25. The Balaban J connectivity index is 2.18. The van der Waals surface area contributed by atoms with Crippen LogP contribution in [0.5, 0.6) is 0 Å². The van der Waals surface area contributed by atoms with Crippen LogP contribution in [-0.2, 0) is 0 Å². The molecule has 0 spiro atoms. The van der Waals surface area contributed by atoms with Gasteiger partial charge in [0.2, 0.25) is 0 Å². The number of aromatic nitrogens is 2. The molecular weight excluding hydrogens is 218 g/mol. The van der Waals surface area contributed by atoms with Gasteiger partial charge in [0.25, 0.3) is 0 Å². The van der Waals surface area contributed by atoms with E-state index in [1.54, 1.807) is 29.7 Å². The summed E-state index contributed by atoms with van der Waals surface area (Å²) in [5.41, 5.74) is 0. The third kappa shape index (κ3) is 2.21. The Morgan fingerprint density at radius 3 is 2.93 bits per heavy atom. The SMILES string of the molecule is Cc1nc(Nc2cc(Cl)ccn2)cs1. The minimum absolute atomic E-state index is 0.662. The molecule has 0 amide bonds. The molecule has 0 radical (unpaired) electrons. The van der Waals surface area contributed by atoms with Crippen molar-refractivity contribution >= 4 is 34.6 Å². The lowest BCUT2D eigenvalue weighted by Crippen LogP contribution is -1.92. The van der Waals surface area contributed by atoms with Crippen LogP contribution < -0.4 is 5.32 Å². The van der Waals surface area contributed by atoms with E-state index < -0.39 is 0 Å². The van der Waals surface area contributed by atoms with Crippen LogP contribution in [0.15, 0.2) is 23.7 Å². The molecule has 0 aliphatic heterocycles. The number of pyridine rings is 1. The van der Waals surface area contributed by atoms with Crippen LogP contribution in [0, 0.1) is 6.92 Å². The fraction of sp³-hybridized carbons (Fsp3) is 0.111. The second kappa shape index (κ2) is 3.94. The molecule has 5 heteroatoms. The maximum Gasteiger partial charge on any atom is 0.142 e. The fourth-order valence-corrected chi connectivity index (χ4v) is 1.73. The molecular formula is C9H8ClN3S. The zero-order chi connectivity index (χ0) is 9.97. The average Bonchev–Trinajstić information content (AvgIpc) is 2.51. The van der Waals surface area contributed by atoms with Gasteiger partial charge in [-0.3, -0.25) is 0 Å². The minimum Gasteiger partial charge on any atom is -0.324 e. The molecule has 0 unspecified atom stereocenters. The van der Waals surface area contributed by atoms with E-state index in [1.165, 1.54) is 0 Å². The molecule has 0 bridgehead atoms. The number of halogens is 1.